The Kier molecular flexibility index (Phi) is 10.3. The number of carboxylic acid groups (broad SMARTS) is 2. The van der Waals surface area contributed by atoms with Crippen molar-refractivity contribution in [1.82, 2.24) is 9.47 Å². The average molecular weight is 533 g/mol. The van der Waals surface area contributed by atoms with Crippen molar-refractivity contribution in [2.45, 2.75) is 46.8 Å². The van der Waals surface area contributed by atoms with Crippen LogP contribution in [0.4, 0.5) is 10.1 Å². The highest BCUT2D eigenvalue weighted by molar-refractivity contribution is 6.35. The fraction of sp³-hybridized carbons (Fsp3) is 0.385. The Morgan fingerprint density at radius 1 is 1.18 bits per heavy atom. The van der Waals surface area contributed by atoms with Crippen LogP contribution in [0.1, 0.15) is 53.1 Å². The minimum Gasteiger partial charge on any atom is -0.481 e. The molecule has 1 aliphatic rings. The Bertz CT molecular complexity index is 1260. The van der Waals surface area contributed by atoms with Crippen molar-refractivity contribution in [2.24, 2.45) is 5.73 Å². The molecule has 38 heavy (non-hydrogen) atoms. The molecule has 6 N–H and O–H groups in total. The van der Waals surface area contributed by atoms with Gasteiger partial charge in [-0.2, -0.15) is 0 Å². The number of rotatable bonds is 10. The third-order valence-corrected chi connectivity index (χ3v) is 6.30. The Balaban J connectivity index is 0.000000484. The van der Waals surface area contributed by atoms with Crippen LogP contribution in [0.25, 0.3) is 11.6 Å². The van der Waals surface area contributed by atoms with Gasteiger partial charge in [0, 0.05) is 35.7 Å². The molecule has 11 nitrogen and oxygen atoms in total. The zero-order valence-electron chi connectivity index (χ0n) is 21.7. The van der Waals surface area contributed by atoms with E-state index < -0.39 is 36.2 Å². The molecule has 206 valence electrons. The number of likely N-dealkylation sites (N-methyl/N-ethyl adjacent to an activating group) is 1. The van der Waals surface area contributed by atoms with E-state index in [9.17, 15) is 23.6 Å². The zero-order valence-corrected chi connectivity index (χ0v) is 21.7. The van der Waals surface area contributed by atoms with E-state index in [0.717, 1.165) is 36.6 Å². The van der Waals surface area contributed by atoms with Crippen molar-refractivity contribution in [3.05, 3.63) is 52.1 Å². The highest BCUT2D eigenvalue weighted by atomic mass is 19.1. The third kappa shape index (κ3) is 7.05. The van der Waals surface area contributed by atoms with E-state index in [4.69, 9.17) is 21.1 Å². The lowest BCUT2D eigenvalue weighted by molar-refractivity contribution is -0.152. The molecule has 0 radical (unpaired) electrons. The van der Waals surface area contributed by atoms with Gasteiger partial charge in [-0.1, -0.05) is 13.8 Å². The van der Waals surface area contributed by atoms with Crippen LogP contribution in [0.5, 0.6) is 0 Å². The molecule has 0 saturated heterocycles. The second kappa shape index (κ2) is 13.0. The molecular weight excluding hydrogens is 499 g/mol. The largest absolute Gasteiger partial charge is 0.481 e. The maximum atomic E-state index is 13.8. The predicted octanol–water partition coefficient (Wildman–Crippen LogP) is 2.08. The summed E-state index contributed by atoms with van der Waals surface area (Å²) in [4.78, 5) is 46.3. The van der Waals surface area contributed by atoms with Crippen LogP contribution < -0.4 is 11.1 Å². The van der Waals surface area contributed by atoms with E-state index in [-0.39, 0.29) is 5.91 Å². The molecule has 2 heterocycles. The number of aliphatic carboxylic acids is 2. The molecule has 0 fully saturated rings. The van der Waals surface area contributed by atoms with Crippen LogP contribution in [0.2, 0.25) is 0 Å². The first-order chi connectivity index (χ1) is 17.8. The quantitative estimate of drug-likeness (QED) is 0.289. The first kappa shape index (κ1) is 30.2. The molecule has 1 aromatic carbocycles. The predicted molar refractivity (Wildman–Crippen MR) is 139 cm³/mol. The standard InChI is InChI=1S/C22H27FN4O2.C4H6O5/c1-5-26(6-2)9-10-27-14(4)20(21(24)28)13(3)19(27)12-17-16-11-15(23)7-8-18(16)25-22(17)29;5-2(4(8)9)1-3(6)7/h7-8,11-12H,5-6,9-10H2,1-4H3,(H2,24,28)(H,25,29);2,5H,1H2,(H,6,7)(H,8,9)/b17-12+;/t;2-/m.0/s1. The minimum absolute atomic E-state index is 0.292. The van der Waals surface area contributed by atoms with Crippen molar-refractivity contribution in [3.8, 4) is 0 Å². The van der Waals surface area contributed by atoms with E-state index in [1.54, 1.807) is 12.1 Å². The zero-order chi connectivity index (χ0) is 28.7. The first-order valence-corrected chi connectivity index (χ1v) is 12.0. The van der Waals surface area contributed by atoms with Crippen molar-refractivity contribution in [2.75, 3.05) is 25.0 Å². The molecule has 1 atom stereocenters. The number of aromatic nitrogens is 1. The smallest absolute Gasteiger partial charge is 0.333 e. The number of halogens is 1. The van der Waals surface area contributed by atoms with E-state index in [0.29, 0.717) is 28.9 Å². The van der Waals surface area contributed by atoms with Gasteiger partial charge in [0.25, 0.3) is 11.8 Å². The number of hydrogen-bond acceptors (Lipinski definition) is 6. The number of carbonyl (C=O) groups is 4. The number of anilines is 1. The summed E-state index contributed by atoms with van der Waals surface area (Å²) >= 11 is 0. The van der Waals surface area contributed by atoms with Gasteiger partial charge in [-0.25, -0.2) is 9.18 Å². The number of nitrogens with zero attached hydrogens (tertiary/aromatic N) is 2. The molecule has 0 unspecified atom stereocenters. The van der Waals surface area contributed by atoms with Crippen LogP contribution in [-0.2, 0) is 20.9 Å². The lowest BCUT2D eigenvalue weighted by Gasteiger charge is -2.20. The van der Waals surface area contributed by atoms with Gasteiger partial charge in [-0.05, 0) is 56.8 Å². The third-order valence-electron chi connectivity index (χ3n) is 6.30. The topological polar surface area (TPSA) is 175 Å². The Hall–Kier alpha value is -4.03. The summed E-state index contributed by atoms with van der Waals surface area (Å²) in [6.07, 6.45) is -0.810. The SMILES string of the molecule is CCN(CC)CCn1c(C)c(C(N)=O)c(C)c1/C=C1/C(=O)Nc2ccc(F)cc21.O=C(O)C[C@H](O)C(=O)O. The molecule has 0 spiro atoms. The summed E-state index contributed by atoms with van der Waals surface area (Å²) in [5.74, 6) is -4.04. The van der Waals surface area contributed by atoms with Crippen LogP contribution in [0.3, 0.4) is 0 Å². The van der Waals surface area contributed by atoms with Gasteiger partial charge in [0.05, 0.1) is 17.6 Å². The molecule has 0 bridgehead atoms. The summed E-state index contributed by atoms with van der Waals surface area (Å²) in [5.41, 5.74) is 9.80. The normalized spacial score (nSPS) is 14.1. The maximum Gasteiger partial charge on any atom is 0.333 e. The van der Waals surface area contributed by atoms with Crippen molar-refractivity contribution < 1.29 is 38.9 Å². The van der Waals surface area contributed by atoms with Gasteiger partial charge in [-0.3, -0.25) is 14.4 Å². The summed E-state index contributed by atoms with van der Waals surface area (Å²) in [7, 11) is 0. The number of amides is 2. The number of nitrogens with two attached hydrogens (primary N) is 1. The monoisotopic (exact) mass is 532 g/mol. The van der Waals surface area contributed by atoms with Crippen LogP contribution in [0, 0.1) is 19.7 Å². The van der Waals surface area contributed by atoms with Crippen molar-refractivity contribution in [1.29, 1.82) is 0 Å². The maximum absolute atomic E-state index is 13.8. The molecule has 1 aliphatic heterocycles. The van der Waals surface area contributed by atoms with Crippen LogP contribution in [0.15, 0.2) is 18.2 Å². The molecule has 12 heteroatoms. The average Bonchev–Trinajstić information content (AvgIpc) is 3.26. The Morgan fingerprint density at radius 2 is 1.82 bits per heavy atom. The van der Waals surface area contributed by atoms with Crippen LogP contribution in [-0.4, -0.2) is 74.3 Å². The molecular formula is C26H33FN4O7. The molecule has 3 rings (SSSR count). The van der Waals surface area contributed by atoms with E-state index >= 15 is 0 Å². The number of primary amides is 1. The minimum atomic E-state index is -1.79. The number of aliphatic hydroxyl groups excluding tert-OH is 1. The van der Waals surface area contributed by atoms with Gasteiger partial charge in [-0.15, -0.1) is 0 Å². The second-order valence-electron chi connectivity index (χ2n) is 8.67. The van der Waals surface area contributed by atoms with Gasteiger partial charge in [0.2, 0.25) is 0 Å². The van der Waals surface area contributed by atoms with Crippen LogP contribution >= 0.6 is 0 Å². The second-order valence-corrected chi connectivity index (χ2v) is 8.67. The summed E-state index contributed by atoms with van der Waals surface area (Å²) < 4.78 is 15.8. The number of hydrogen-bond donors (Lipinski definition) is 5. The molecule has 2 aromatic rings. The fourth-order valence-corrected chi connectivity index (χ4v) is 4.23. The number of fused-ring (bicyclic) bond motifs is 1. The van der Waals surface area contributed by atoms with Gasteiger partial charge in [0.1, 0.15) is 5.82 Å². The Labute approximate surface area is 219 Å². The Morgan fingerprint density at radius 3 is 2.32 bits per heavy atom. The van der Waals surface area contributed by atoms with E-state index in [1.807, 2.05) is 18.4 Å². The highest BCUT2D eigenvalue weighted by Crippen LogP contribution is 2.35. The summed E-state index contributed by atoms with van der Waals surface area (Å²) in [5, 5.41) is 26.9. The highest BCUT2D eigenvalue weighted by Gasteiger charge is 2.27. The lowest BCUT2D eigenvalue weighted by Crippen LogP contribution is -2.27. The fourth-order valence-electron chi connectivity index (χ4n) is 4.23. The number of carboxylic acids is 2. The first-order valence-electron chi connectivity index (χ1n) is 12.0. The van der Waals surface area contributed by atoms with E-state index in [2.05, 4.69) is 24.1 Å². The molecule has 2 amide bonds. The summed E-state index contributed by atoms with van der Waals surface area (Å²) in [6.45, 7) is 11.2. The number of nitrogens with one attached hydrogen (secondary N) is 1. The van der Waals surface area contributed by atoms with E-state index in [1.165, 1.54) is 12.1 Å². The summed E-state index contributed by atoms with van der Waals surface area (Å²) in [6, 6.07) is 4.21. The number of aliphatic hydroxyl groups is 1. The molecule has 0 saturated carbocycles. The van der Waals surface area contributed by atoms with Gasteiger partial charge < -0.3 is 35.8 Å². The number of benzene rings is 1. The molecule has 0 aliphatic carbocycles. The van der Waals surface area contributed by atoms with Crippen molar-refractivity contribution >= 4 is 41.1 Å². The van der Waals surface area contributed by atoms with Gasteiger partial charge in [0.15, 0.2) is 6.10 Å². The van der Waals surface area contributed by atoms with Crippen molar-refractivity contribution in [3.63, 3.8) is 0 Å². The lowest BCUT2D eigenvalue weighted by atomic mass is 10.0. The molecule has 1 aromatic heterocycles. The van der Waals surface area contributed by atoms with Gasteiger partial charge >= 0.3 is 11.9 Å². The number of carbonyl (C=O) groups excluding carboxylic acids is 2.